The smallest absolute Gasteiger partial charge is 0.252 e. The van der Waals surface area contributed by atoms with Gasteiger partial charge in [0.1, 0.15) is 0 Å². The first kappa shape index (κ1) is 13.2. The lowest BCUT2D eigenvalue weighted by Gasteiger charge is -2.07. The highest BCUT2D eigenvalue weighted by atomic mass is 79.9. The van der Waals surface area contributed by atoms with Crippen LogP contribution >= 0.6 is 15.9 Å². The van der Waals surface area contributed by atoms with Gasteiger partial charge in [0.2, 0.25) is 0 Å². The van der Waals surface area contributed by atoms with Crippen LogP contribution in [-0.4, -0.2) is 11.9 Å². The number of carbonyl (C=O) groups excluding carboxylic acids is 1. The van der Waals surface area contributed by atoms with Crippen molar-refractivity contribution in [3.63, 3.8) is 0 Å². The van der Waals surface area contributed by atoms with Crippen molar-refractivity contribution in [1.29, 1.82) is 0 Å². The number of benzene rings is 2. The van der Waals surface area contributed by atoms with Crippen molar-refractivity contribution in [2.24, 2.45) is 0 Å². The molecule has 0 spiro atoms. The Morgan fingerprint density at radius 3 is 2.70 bits per heavy atom. The fraction of sp³-hybridized carbons (Fsp3) is 0.188. The van der Waals surface area contributed by atoms with Crippen LogP contribution in [0.25, 0.3) is 0 Å². The van der Waals surface area contributed by atoms with E-state index in [1.807, 2.05) is 18.2 Å². The SMILES string of the molecule is Nc1ccc(Br)c(C(=O)NC2CC2c2ccccc2)c1. The first-order chi connectivity index (χ1) is 9.65. The molecule has 20 heavy (non-hydrogen) atoms. The summed E-state index contributed by atoms with van der Waals surface area (Å²) in [7, 11) is 0. The highest BCUT2D eigenvalue weighted by Crippen LogP contribution is 2.40. The van der Waals surface area contributed by atoms with Gasteiger partial charge in [-0.05, 0) is 46.1 Å². The van der Waals surface area contributed by atoms with E-state index in [-0.39, 0.29) is 11.9 Å². The zero-order valence-corrected chi connectivity index (χ0v) is 12.4. The summed E-state index contributed by atoms with van der Waals surface area (Å²) >= 11 is 3.39. The number of carbonyl (C=O) groups is 1. The van der Waals surface area contributed by atoms with Gasteiger partial charge in [-0.1, -0.05) is 30.3 Å². The Balaban J connectivity index is 1.68. The topological polar surface area (TPSA) is 55.1 Å². The van der Waals surface area contributed by atoms with Gasteiger partial charge < -0.3 is 11.1 Å². The second-order valence-corrected chi connectivity index (χ2v) is 5.93. The van der Waals surface area contributed by atoms with Gasteiger partial charge in [0, 0.05) is 22.1 Å². The van der Waals surface area contributed by atoms with Gasteiger partial charge in [-0.3, -0.25) is 4.79 Å². The Morgan fingerprint density at radius 1 is 1.20 bits per heavy atom. The van der Waals surface area contributed by atoms with E-state index in [1.165, 1.54) is 5.56 Å². The van der Waals surface area contributed by atoms with Crippen molar-refractivity contribution < 1.29 is 4.79 Å². The molecule has 0 radical (unpaired) electrons. The molecule has 3 nitrogen and oxygen atoms in total. The van der Waals surface area contributed by atoms with E-state index in [9.17, 15) is 4.79 Å². The molecular formula is C16H15BrN2O. The van der Waals surface area contributed by atoms with Crippen molar-refractivity contribution in [1.82, 2.24) is 5.32 Å². The van der Waals surface area contributed by atoms with Crippen molar-refractivity contribution in [2.45, 2.75) is 18.4 Å². The number of amides is 1. The molecule has 1 saturated carbocycles. The third-order valence-electron chi connectivity index (χ3n) is 3.57. The van der Waals surface area contributed by atoms with Gasteiger partial charge in [0.05, 0.1) is 5.56 Å². The number of rotatable bonds is 3. The number of halogens is 1. The van der Waals surface area contributed by atoms with E-state index in [1.54, 1.807) is 18.2 Å². The monoisotopic (exact) mass is 330 g/mol. The van der Waals surface area contributed by atoms with Crippen LogP contribution in [0.15, 0.2) is 53.0 Å². The Kier molecular flexibility index (Phi) is 3.49. The van der Waals surface area contributed by atoms with E-state index in [0.29, 0.717) is 17.2 Å². The normalized spacial score (nSPS) is 20.4. The molecule has 2 atom stereocenters. The zero-order valence-electron chi connectivity index (χ0n) is 10.8. The van der Waals surface area contributed by atoms with Gasteiger partial charge in [-0.25, -0.2) is 0 Å². The number of nitrogens with two attached hydrogens (primary N) is 1. The zero-order chi connectivity index (χ0) is 14.1. The predicted molar refractivity (Wildman–Crippen MR) is 83.6 cm³/mol. The molecule has 0 bridgehead atoms. The molecule has 3 N–H and O–H groups in total. The predicted octanol–water partition coefficient (Wildman–Crippen LogP) is 3.32. The number of nitrogens with one attached hydrogen (secondary N) is 1. The van der Waals surface area contributed by atoms with E-state index in [2.05, 4.69) is 33.4 Å². The lowest BCUT2D eigenvalue weighted by molar-refractivity contribution is 0.0949. The number of hydrogen-bond donors (Lipinski definition) is 2. The molecule has 2 aromatic rings. The lowest BCUT2D eigenvalue weighted by Crippen LogP contribution is -2.27. The maximum atomic E-state index is 12.2. The third-order valence-corrected chi connectivity index (χ3v) is 4.26. The van der Waals surface area contributed by atoms with Gasteiger partial charge in [0.15, 0.2) is 0 Å². The minimum absolute atomic E-state index is 0.0763. The molecule has 0 heterocycles. The molecule has 1 aliphatic carbocycles. The Hall–Kier alpha value is -1.81. The summed E-state index contributed by atoms with van der Waals surface area (Å²) in [6, 6.07) is 15.8. The van der Waals surface area contributed by atoms with Crippen LogP contribution in [0.5, 0.6) is 0 Å². The minimum Gasteiger partial charge on any atom is -0.399 e. The molecule has 1 aliphatic rings. The molecule has 102 valence electrons. The molecule has 2 aromatic carbocycles. The summed E-state index contributed by atoms with van der Waals surface area (Å²) < 4.78 is 0.765. The lowest BCUT2D eigenvalue weighted by atomic mass is 10.1. The summed E-state index contributed by atoms with van der Waals surface area (Å²) in [6.45, 7) is 0. The minimum atomic E-state index is -0.0763. The standard InChI is InChI=1S/C16H15BrN2O/c17-14-7-6-11(18)8-13(14)16(20)19-15-9-12(15)10-4-2-1-3-5-10/h1-8,12,15H,9,18H2,(H,19,20). The molecular weight excluding hydrogens is 316 g/mol. The van der Waals surface area contributed by atoms with Gasteiger partial charge in [-0.15, -0.1) is 0 Å². The van der Waals surface area contributed by atoms with Crippen molar-refractivity contribution >= 4 is 27.5 Å². The van der Waals surface area contributed by atoms with Crippen LogP contribution in [0.2, 0.25) is 0 Å². The van der Waals surface area contributed by atoms with E-state index in [4.69, 9.17) is 5.73 Å². The third kappa shape index (κ3) is 2.70. The van der Waals surface area contributed by atoms with Crippen LogP contribution in [0.3, 0.4) is 0 Å². The largest absolute Gasteiger partial charge is 0.399 e. The van der Waals surface area contributed by atoms with Crippen molar-refractivity contribution in [3.8, 4) is 0 Å². The van der Waals surface area contributed by atoms with Gasteiger partial charge in [-0.2, -0.15) is 0 Å². The van der Waals surface area contributed by atoms with Crippen LogP contribution in [0, 0.1) is 0 Å². The molecule has 0 aliphatic heterocycles. The summed E-state index contributed by atoms with van der Waals surface area (Å²) in [6.07, 6.45) is 0.996. The number of anilines is 1. The average molecular weight is 331 g/mol. The first-order valence-electron chi connectivity index (χ1n) is 6.56. The van der Waals surface area contributed by atoms with E-state index >= 15 is 0 Å². The maximum Gasteiger partial charge on any atom is 0.252 e. The molecule has 0 saturated heterocycles. The Morgan fingerprint density at radius 2 is 1.95 bits per heavy atom. The quantitative estimate of drug-likeness (QED) is 0.848. The fourth-order valence-electron chi connectivity index (χ4n) is 2.39. The molecule has 2 unspecified atom stereocenters. The fourth-order valence-corrected chi connectivity index (χ4v) is 2.81. The molecule has 1 fully saturated rings. The second-order valence-electron chi connectivity index (χ2n) is 5.07. The molecule has 3 rings (SSSR count). The van der Waals surface area contributed by atoms with Crippen LogP contribution in [0.4, 0.5) is 5.69 Å². The van der Waals surface area contributed by atoms with Gasteiger partial charge in [0.25, 0.3) is 5.91 Å². The number of hydrogen-bond acceptors (Lipinski definition) is 2. The van der Waals surface area contributed by atoms with Crippen LogP contribution < -0.4 is 11.1 Å². The highest BCUT2D eigenvalue weighted by molar-refractivity contribution is 9.10. The number of nitrogen functional groups attached to an aromatic ring is 1. The second kappa shape index (κ2) is 5.29. The molecule has 1 amide bonds. The molecule has 4 heteroatoms. The summed E-state index contributed by atoms with van der Waals surface area (Å²) in [4.78, 5) is 12.2. The van der Waals surface area contributed by atoms with Gasteiger partial charge >= 0.3 is 0 Å². The summed E-state index contributed by atoms with van der Waals surface area (Å²) in [5.41, 5.74) is 8.19. The Labute approximate surface area is 126 Å². The summed E-state index contributed by atoms with van der Waals surface area (Å²) in [5, 5.41) is 3.06. The maximum absolute atomic E-state index is 12.2. The van der Waals surface area contributed by atoms with Crippen LogP contribution in [-0.2, 0) is 0 Å². The summed E-state index contributed by atoms with van der Waals surface area (Å²) in [5.74, 6) is 0.354. The van der Waals surface area contributed by atoms with E-state index in [0.717, 1.165) is 10.9 Å². The first-order valence-corrected chi connectivity index (χ1v) is 7.35. The highest BCUT2D eigenvalue weighted by Gasteiger charge is 2.39. The van der Waals surface area contributed by atoms with Crippen molar-refractivity contribution in [3.05, 3.63) is 64.1 Å². The van der Waals surface area contributed by atoms with Crippen molar-refractivity contribution in [2.75, 3.05) is 5.73 Å². The van der Waals surface area contributed by atoms with Crippen LogP contribution in [0.1, 0.15) is 28.3 Å². The van der Waals surface area contributed by atoms with E-state index < -0.39 is 0 Å². The average Bonchev–Trinajstić information content (AvgIpc) is 3.21. The molecule has 0 aromatic heterocycles. The Bertz CT molecular complexity index is 642.